The average molecular weight is 499 g/mol. The lowest BCUT2D eigenvalue weighted by atomic mass is 10.2. The molecule has 1 amide bonds. The summed E-state index contributed by atoms with van der Waals surface area (Å²) in [7, 11) is -1.35. The molecule has 0 unspecified atom stereocenters. The minimum absolute atomic E-state index is 0.0675. The molecule has 0 saturated heterocycles. The number of methoxy groups -OCH3 is 2. The van der Waals surface area contributed by atoms with E-state index in [0.29, 0.717) is 25.6 Å². The number of hydrogen-bond acceptors (Lipinski definition) is 7. The lowest BCUT2D eigenvalue weighted by Crippen LogP contribution is -2.37. The van der Waals surface area contributed by atoms with Gasteiger partial charge in [-0.05, 0) is 31.2 Å². The molecule has 2 heterocycles. The van der Waals surface area contributed by atoms with Crippen LogP contribution < -0.4 is 13.8 Å². The number of aryl methyl sites for hydroxylation is 1. The maximum Gasteiger partial charge on any atom is 0.292 e. The number of pyridine rings is 1. The number of carbonyl (C=O) groups excluding carboxylic acids is 1. The maximum atomic E-state index is 13.3. The number of amides is 1. The Morgan fingerprint density at radius 3 is 2.34 bits per heavy atom. The minimum atomic E-state index is -4.06. The highest BCUT2D eigenvalue weighted by Crippen LogP contribution is 2.32. The number of rotatable bonds is 7. The van der Waals surface area contributed by atoms with Crippen molar-refractivity contribution in [3.63, 3.8) is 0 Å². The monoisotopic (exact) mass is 498 g/mol. The van der Waals surface area contributed by atoms with E-state index in [0.717, 1.165) is 6.26 Å². The van der Waals surface area contributed by atoms with Crippen molar-refractivity contribution >= 4 is 44.8 Å². The molecule has 3 aromatic rings. The van der Waals surface area contributed by atoms with Crippen LogP contribution in [0.5, 0.6) is 11.8 Å². The average Bonchev–Trinajstić information content (AvgIpc) is 3.10. The molecule has 0 atom stereocenters. The van der Waals surface area contributed by atoms with Crippen LogP contribution in [0.3, 0.4) is 0 Å². The minimum Gasteiger partial charge on any atom is -0.481 e. The first-order chi connectivity index (χ1) is 15.1. The highest BCUT2D eigenvalue weighted by molar-refractivity contribution is 7.92. The van der Waals surface area contributed by atoms with Crippen LogP contribution in [0.1, 0.15) is 21.7 Å². The zero-order valence-corrected chi connectivity index (χ0v) is 20.0. The third kappa shape index (κ3) is 4.82. The predicted octanol–water partition coefficient (Wildman–Crippen LogP) is 3.57. The van der Waals surface area contributed by atoms with Gasteiger partial charge in [-0.3, -0.25) is 9.48 Å². The molecule has 0 fully saturated rings. The van der Waals surface area contributed by atoms with Gasteiger partial charge in [0.2, 0.25) is 21.8 Å². The molecule has 12 heteroatoms. The Kier molecular flexibility index (Phi) is 6.97. The van der Waals surface area contributed by atoms with Crippen molar-refractivity contribution in [3.8, 4) is 11.8 Å². The fraction of sp³-hybridized carbons (Fsp3) is 0.250. The van der Waals surface area contributed by atoms with Crippen LogP contribution in [0, 0.1) is 6.92 Å². The highest BCUT2D eigenvalue weighted by atomic mass is 35.5. The first-order valence-corrected chi connectivity index (χ1v) is 11.8. The van der Waals surface area contributed by atoms with Crippen LogP contribution >= 0.6 is 23.2 Å². The van der Waals surface area contributed by atoms with Gasteiger partial charge in [0.1, 0.15) is 5.69 Å². The van der Waals surface area contributed by atoms with Gasteiger partial charge in [-0.25, -0.2) is 8.42 Å². The topological polar surface area (TPSA) is 104 Å². The van der Waals surface area contributed by atoms with Crippen molar-refractivity contribution in [1.29, 1.82) is 0 Å². The van der Waals surface area contributed by atoms with E-state index >= 15 is 0 Å². The highest BCUT2D eigenvalue weighted by Gasteiger charge is 2.32. The Hall–Kier alpha value is -2.82. The Bertz CT molecular complexity index is 1260. The SMILES string of the molecule is COc1ccc(N(C(=O)c2cc(C)n(Cc3c(Cl)cccc3Cl)n2)S(C)(=O)=O)c(OC)n1. The van der Waals surface area contributed by atoms with Crippen LogP contribution in [0.15, 0.2) is 36.4 Å². The molecule has 32 heavy (non-hydrogen) atoms. The van der Waals surface area contributed by atoms with E-state index in [2.05, 4.69) is 10.1 Å². The van der Waals surface area contributed by atoms with E-state index in [4.69, 9.17) is 32.7 Å². The number of hydrogen-bond donors (Lipinski definition) is 0. The number of nitrogens with zero attached hydrogens (tertiary/aromatic N) is 4. The summed E-state index contributed by atoms with van der Waals surface area (Å²) in [5.74, 6) is -0.768. The Morgan fingerprint density at radius 1 is 1.12 bits per heavy atom. The number of aromatic nitrogens is 3. The van der Waals surface area contributed by atoms with Gasteiger partial charge in [0.05, 0.1) is 27.0 Å². The maximum absolute atomic E-state index is 13.3. The van der Waals surface area contributed by atoms with Gasteiger partial charge in [-0.2, -0.15) is 14.4 Å². The zero-order valence-electron chi connectivity index (χ0n) is 17.7. The molecule has 3 rings (SSSR count). The van der Waals surface area contributed by atoms with Gasteiger partial charge >= 0.3 is 0 Å². The van der Waals surface area contributed by atoms with Crippen LogP contribution in [-0.4, -0.2) is 49.6 Å². The molecule has 0 saturated carbocycles. The zero-order chi connectivity index (χ0) is 23.6. The molecular weight excluding hydrogens is 479 g/mol. The molecule has 9 nitrogen and oxygen atoms in total. The van der Waals surface area contributed by atoms with Gasteiger partial charge in [0.25, 0.3) is 5.91 Å². The lowest BCUT2D eigenvalue weighted by molar-refractivity contribution is 0.0999. The number of sulfonamides is 1. The van der Waals surface area contributed by atoms with Gasteiger partial charge < -0.3 is 9.47 Å². The summed E-state index contributed by atoms with van der Waals surface area (Å²) < 4.78 is 37.4. The molecule has 2 aromatic heterocycles. The van der Waals surface area contributed by atoms with E-state index in [1.165, 1.54) is 37.1 Å². The fourth-order valence-electron chi connectivity index (χ4n) is 2.99. The smallest absolute Gasteiger partial charge is 0.292 e. The van der Waals surface area contributed by atoms with E-state index in [-0.39, 0.29) is 29.7 Å². The van der Waals surface area contributed by atoms with Crippen molar-refractivity contribution in [2.45, 2.75) is 13.5 Å². The number of anilines is 1. The summed E-state index contributed by atoms with van der Waals surface area (Å²) >= 11 is 12.5. The molecule has 0 bridgehead atoms. The van der Waals surface area contributed by atoms with Crippen LogP contribution in [0.25, 0.3) is 0 Å². The Morgan fingerprint density at radius 2 is 1.78 bits per heavy atom. The van der Waals surface area contributed by atoms with E-state index < -0.39 is 15.9 Å². The standard InChI is InChI=1S/C20H20Cl2N4O5S/c1-12-10-16(24-25(12)11-13-14(21)6-5-7-15(13)22)20(27)26(32(4,28)29)17-8-9-18(30-2)23-19(17)31-3/h5-10H,11H2,1-4H3. The second-order valence-electron chi connectivity index (χ2n) is 6.74. The summed E-state index contributed by atoms with van der Waals surface area (Å²) in [6.07, 6.45) is 0.905. The molecule has 0 aliphatic heterocycles. The summed E-state index contributed by atoms with van der Waals surface area (Å²) in [5, 5.41) is 5.20. The molecule has 0 radical (unpaired) electrons. The van der Waals surface area contributed by atoms with Gasteiger partial charge in [-0.15, -0.1) is 0 Å². The van der Waals surface area contributed by atoms with Crippen LogP contribution in [0.2, 0.25) is 10.0 Å². The summed E-state index contributed by atoms with van der Waals surface area (Å²) in [6, 6.07) is 9.39. The second kappa shape index (κ2) is 9.35. The Balaban J connectivity index is 2.04. The summed E-state index contributed by atoms with van der Waals surface area (Å²) in [6.45, 7) is 1.93. The molecular formula is C20H20Cl2N4O5S. The molecule has 0 aliphatic carbocycles. The van der Waals surface area contributed by atoms with E-state index in [9.17, 15) is 13.2 Å². The van der Waals surface area contributed by atoms with Gasteiger partial charge in [0, 0.05) is 27.4 Å². The lowest BCUT2D eigenvalue weighted by Gasteiger charge is -2.21. The van der Waals surface area contributed by atoms with Crippen LogP contribution in [-0.2, 0) is 16.6 Å². The summed E-state index contributed by atoms with van der Waals surface area (Å²) in [4.78, 5) is 17.3. The van der Waals surface area contributed by atoms with E-state index in [1.807, 2.05) is 0 Å². The molecule has 170 valence electrons. The number of halogens is 2. The van der Waals surface area contributed by atoms with E-state index in [1.54, 1.807) is 25.1 Å². The Labute approximate surface area is 195 Å². The van der Waals surface area contributed by atoms with Crippen molar-refractivity contribution < 1.29 is 22.7 Å². The summed E-state index contributed by atoms with van der Waals surface area (Å²) in [5.41, 5.74) is 1.08. The quantitative estimate of drug-likeness (QED) is 0.490. The van der Waals surface area contributed by atoms with Gasteiger partial charge in [0.15, 0.2) is 5.69 Å². The predicted molar refractivity (Wildman–Crippen MR) is 122 cm³/mol. The number of carbonyl (C=O) groups is 1. The number of benzene rings is 1. The largest absolute Gasteiger partial charge is 0.481 e. The normalized spacial score (nSPS) is 11.3. The third-order valence-corrected chi connectivity index (χ3v) is 6.26. The third-order valence-electron chi connectivity index (χ3n) is 4.52. The first-order valence-electron chi connectivity index (χ1n) is 9.17. The first kappa shape index (κ1) is 23.8. The van der Waals surface area contributed by atoms with Crippen molar-refractivity contribution in [3.05, 3.63) is 63.4 Å². The second-order valence-corrected chi connectivity index (χ2v) is 9.39. The van der Waals surface area contributed by atoms with Crippen molar-refractivity contribution in [2.75, 3.05) is 24.8 Å². The molecule has 1 aromatic carbocycles. The van der Waals surface area contributed by atoms with Gasteiger partial charge in [-0.1, -0.05) is 29.3 Å². The molecule has 0 aliphatic rings. The molecule has 0 N–H and O–H groups in total. The van der Waals surface area contributed by atoms with Crippen molar-refractivity contribution in [1.82, 2.24) is 14.8 Å². The number of ether oxygens (including phenoxy) is 2. The molecule has 0 spiro atoms. The van der Waals surface area contributed by atoms with Crippen LogP contribution in [0.4, 0.5) is 5.69 Å². The van der Waals surface area contributed by atoms with Crippen molar-refractivity contribution in [2.24, 2.45) is 0 Å². The fourth-order valence-corrected chi connectivity index (χ4v) is 4.39.